The fraction of sp³-hybridized carbons (Fsp3) is 1.00. The highest BCUT2D eigenvalue weighted by molar-refractivity contribution is 4.81. The highest BCUT2D eigenvalue weighted by Crippen LogP contribution is 2.17. The van der Waals surface area contributed by atoms with Gasteiger partial charge in [0, 0.05) is 38.3 Å². The Hall–Kier alpha value is -0.120. The Kier molecular flexibility index (Phi) is 5.07. The average Bonchev–Trinajstić information content (AvgIpc) is 2.56. The van der Waals surface area contributed by atoms with Gasteiger partial charge in [0.15, 0.2) is 0 Å². The second kappa shape index (κ2) is 6.58. The molecule has 1 aliphatic heterocycles. The SMILES string of the molecule is CN1CCNCC1CNC1CCCCCC1. The molecule has 0 bridgehead atoms. The minimum atomic E-state index is 0.692. The van der Waals surface area contributed by atoms with E-state index in [-0.39, 0.29) is 0 Å². The first-order chi connectivity index (χ1) is 7.86. The van der Waals surface area contributed by atoms with Crippen LogP contribution in [0.25, 0.3) is 0 Å². The molecule has 1 saturated carbocycles. The van der Waals surface area contributed by atoms with Crippen LogP contribution >= 0.6 is 0 Å². The topological polar surface area (TPSA) is 27.3 Å². The zero-order chi connectivity index (χ0) is 11.2. The first-order valence-electron chi connectivity index (χ1n) is 7.00. The van der Waals surface area contributed by atoms with E-state index in [4.69, 9.17) is 0 Å². The van der Waals surface area contributed by atoms with Crippen molar-refractivity contribution in [1.29, 1.82) is 0 Å². The Morgan fingerprint density at radius 1 is 1.19 bits per heavy atom. The van der Waals surface area contributed by atoms with E-state index in [9.17, 15) is 0 Å². The minimum Gasteiger partial charge on any atom is -0.314 e. The van der Waals surface area contributed by atoms with Crippen LogP contribution in [-0.2, 0) is 0 Å². The van der Waals surface area contributed by atoms with Crippen molar-refractivity contribution in [2.75, 3.05) is 33.2 Å². The molecule has 1 atom stereocenters. The maximum Gasteiger partial charge on any atom is 0.0342 e. The zero-order valence-corrected chi connectivity index (χ0v) is 10.7. The normalized spacial score (nSPS) is 30.2. The lowest BCUT2D eigenvalue weighted by molar-refractivity contribution is 0.190. The molecule has 2 N–H and O–H groups in total. The van der Waals surface area contributed by atoms with Crippen molar-refractivity contribution in [1.82, 2.24) is 15.5 Å². The van der Waals surface area contributed by atoms with Gasteiger partial charge in [-0.1, -0.05) is 25.7 Å². The van der Waals surface area contributed by atoms with Crippen LogP contribution in [0, 0.1) is 0 Å². The van der Waals surface area contributed by atoms with E-state index in [1.54, 1.807) is 0 Å². The predicted molar refractivity (Wildman–Crippen MR) is 68.8 cm³/mol. The van der Waals surface area contributed by atoms with Crippen molar-refractivity contribution in [2.24, 2.45) is 0 Å². The lowest BCUT2D eigenvalue weighted by Gasteiger charge is -2.34. The van der Waals surface area contributed by atoms with Gasteiger partial charge in [-0.15, -0.1) is 0 Å². The minimum absolute atomic E-state index is 0.692. The molecule has 3 heteroatoms. The molecule has 0 spiro atoms. The lowest BCUT2D eigenvalue weighted by Crippen LogP contribution is -2.54. The molecule has 1 aliphatic carbocycles. The Morgan fingerprint density at radius 2 is 1.94 bits per heavy atom. The zero-order valence-electron chi connectivity index (χ0n) is 10.7. The van der Waals surface area contributed by atoms with Crippen LogP contribution in [0.4, 0.5) is 0 Å². The van der Waals surface area contributed by atoms with Crippen molar-refractivity contribution >= 4 is 0 Å². The number of piperazine rings is 1. The quantitative estimate of drug-likeness (QED) is 0.707. The fourth-order valence-electron chi connectivity index (χ4n) is 2.88. The summed E-state index contributed by atoms with van der Waals surface area (Å²) in [5.41, 5.74) is 0. The molecular formula is C13H27N3. The molecule has 0 aromatic rings. The van der Waals surface area contributed by atoms with Gasteiger partial charge >= 0.3 is 0 Å². The molecule has 3 nitrogen and oxygen atoms in total. The summed E-state index contributed by atoms with van der Waals surface area (Å²) in [4.78, 5) is 2.49. The van der Waals surface area contributed by atoms with Gasteiger partial charge in [-0.3, -0.25) is 4.90 Å². The summed E-state index contributed by atoms with van der Waals surface area (Å²) in [7, 11) is 2.25. The standard InChI is InChI=1S/C13H27N3/c1-16-9-8-14-10-13(16)11-15-12-6-4-2-3-5-7-12/h12-15H,2-11H2,1H3. The van der Waals surface area contributed by atoms with E-state index >= 15 is 0 Å². The molecule has 1 unspecified atom stereocenters. The summed E-state index contributed by atoms with van der Waals surface area (Å²) in [6.45, 7) is 4.65. The number of nitrogens with one attached hydrogen (secondary N) is 2. The van der Waals surface area contributed by atoms with Gasteiger partial charge < -0.3 is 10.6 Å². The van der Waals surface area contributed by atoms with E-state index < -0.39 is 0 Å². The first-order valence-corrected chi connectivity index (χ1v) is 7.00. The summed E-state index contributed by atoms with van der Waals surface area (Å²) in [5, 5.41) is 7.26. The summed E-state index contributed by atoms with van der Waals surface area (Å²) in [6.07, 6.45) is 8.53. The van der Waals surface area contributed by atoms with Crippen molar-refractivity contribution in [3.8, 4) is 0 Å². The van der Waals surface area contributed by atoms with Gasteiger partial charge in [0.2, 0.25) is 0 Å². The third kappa shape index (κ3) is 3.72. The third-order valence-electron chi connectivity index (χ3n) is 4.14. The van der Waals surface area contributed by atoms with Crippen molar-refractivity contribution in [3.63, 3.8) is 0 Å². The molecule has 2 fully saturated rings. The van der Waals surface area contributed by atoms with Gasteiger partial charge in [-0.2, -0.15) is 0 Å². The van der Waals surface area contributed by atoms with E-state index in [1.807, 2.05) is 0 Å². The van der Waals surface area contributed by atoms with Gasteiger partial charge in [0.05, 0.1) is 0 Å². The maximum absolute atomic E-state index is 3.78. The maximum atomic E-state index is 3.78. The third-order valence-corrected chi connectivity index (χ3v) is 4.14. The fourth-order valence-corrected chi connectivity index (χ4v) is 2.88. The summed E-state index contributed by atoms with van der Waals surface area (Å²) < 4.78 is 0. The Labute approximate surface area is 100.0 Å². The summed E-state index contributed by atoms with van der Waals surface area (Å²) in [5.74, 6) is 0. The van der Waals surface area contributed by atoms with Gasteiger partial charge in [-0.25, -0.2) is 0 Å². The first kappa shape index (κ1) is 12.3. The van der Waals surface area contributed by atoms with E-state index in [0.29, 0.717) is 6.04 Å². The average molecular weight is 225 g/mol. The Morgan fingerprint density at radius 3 is 2.62 bits per heavy atom. The van der Waals surface area contributed by atoms with Crippen LogP contribution in [0.2, 0.25) is 0 Å². The Bertz CT molecular complexity index is 188. The van der Waals surface area contributed by atoms with Crippen LogP contribution in [-0.4, -0.2) is 50.2 Å². The molecule has 16 heavy (non-hydrogen) atoms. The highest BCUT2D eigenvalue weighted by Gasteiger charge is 2.19. The van der Waals surface area contributed by atoms with Crippen LogP contribution in [0.15, 0.2) is 0 Å². The molecule has 2 rings (SSSR count). The smallest absolute Gasteiger partial charge is 0.0342 e. The van der Waals surface area contributed by atoms with Crippen molar-refractivity contribution in [3.05, 3.63) is 0 Å². The number of nitrogens with zero attached hydrogens (tertiary/aromatic N) is 1. The second-order valence-electron chi connectivity index (χ2n) is 5.44. The molecule has 2 aliphatic rings. The molecule has 0 radical (unpaired) electrons. The molecule has 0 aromatic heterocycles. The number of hydrogen-bond donors (Lipinski definition) is 2. The van der Waals surface area contributed by atoms with Crippen LogP contribution in [0.1, 0.15) is 38.5 Å². The number of rotatable bonds is 3. The number of likely N-dealkylation sites (N-methyl/N-ethyl adjacent to an activating group) is 1. The van der Waals surface area contributed by atoms with Gasteiger partial charge in [0.1, 0.15) is 0 Å². The van der Waals surface area contributed by atoms with Crippen molar-refractivity contribution < 1.29 is 0 Å². The van der Waals surface area contributed by atoms with E-state index in [1.165, 1.54) is 45.1 Å². The molecule has 94 valence electrons. The monoisotopic (exact) mass is 225 g/mol. The van der Waals surface area contributed by atoms with E-state index in [2.05, 4.69) is 22.6 Å². The molecule has 1 heterocycles. The molecule has 0 aromatic carbocycles. The second-order valence-corrected chi connectivity index (χ2v) is 5.44. The largest absolute Gasteiger partial charge is 0.314 e. The molecular weight excluding hydrogens is 198 g/mol. The van der Waals surface area contributed by atoms with Gasteiger partial charge in [-0.05, 0) is 19.9 Å². The van der Waals surface area contributed by atoms with Crippen LogP contribution in [0.5, 0.6) is 0 Å². The highest BCUT2D eigenvalue weighted by atomic mass is 15.2. The molecule has 1 saturated heterocycles. The summed E-state index contributed by atoms with van der Waals surface area (Å²) in [6, 6.07) is 1.48. The van der Waals surface area contributed by atoms with Crippen LogP contribution < -0.4 is 10.6 Å². The summed E-state index contributed by atoms with van der Waals surface area (Å²) >= 11 is 0. The number of hydrogen-bond acceptors (Lipinski definition) is 3. The predicted octanol–water partition coefficient (Wildman–Crippen LogP) is 1.20. The lowest BCUT2D eigenvalue weighted by atomic mass is 10.1. The Balaban J connectivity index is 1.68. The van der Waals surface area contributed by atoms with Crippen molar-refractivity contribution in [2.45, 2.75) is 50.6 Å². The molecule has 0 amide bonds. The van der Waals surface area contributed by atoms with Gasteiger partial charge in [0.25, 0.3) is 0 Å². The van der Waals surface area contributed by atoms with Crippen LogP contribution in [0.3, 0.4) is 0 Å². The van der Waals surface area contributed by atoms with E-state index in [0.717, 1.165) is 25.7 Å².